The first-order chi connectivity index (χ1) is 9.16. The topological polar surface area (TPSA) is 29.9 Å². The molecular formula is C15H18BrN3. The Morgan fingerprint density at radius 2 is 2.00 bits per heavy atom. The summed E-state index contributed by atoms with van der Waals surface area (Å²) < 4.78 is 3.28. The molecule has 3 rings (SSSR count). The number of fused-ring (bicyclic) bond motifs is 1. The van der Waals surface area contributed by atoms with Crippen molar-refractivity contribution in [2.75, 3.05) is 11.9 Å². The van der Waals surface area contributed by atoms with Crippen molar-refractivity contribution >= 4 is 21.9 Å². The van der Waals surface area contributed by atoms with E-state index in [9.17, 15) is 0 Å². The number of aromatic nitrogens is 2. The molecule has 0 atom stereocenters. The number of nitrogens with one attached hydrogen (secondary N) is 1. The number of benzene rings is 1. The number of rotatable bonds is 2. The van der Waals surface area contributed by atoms with Gasteiger partial charge in [0, 0.05) is 18.7 Å². The van der Waals surface area contributed by atoms with E-state index in [-0.39, 0.29) is 0 Å². The SMILES string of the molecule is CC(C)c1ccc(-c2nc3n(c2Br)CCCN3)cc1. The van der Waals surface area contributed by atoms with Crippen molar-refractivity contribution in [2.45, 2.75) is 32.7 Å². The van der Waals surface area contributed by atoms with Gasteiger partial charge in [-0.05, 0) is 33.8 Å². The number of imidazole rings is 1. The highest BCUT2D eigenvalue weighted by Crippen LogP contribution is 2.33. The molecule has 1 aromatic heterocycles. The van der Waals surface area contributed by atoms with Crippen LogP contribution in [0.5, 0.6) is 0 Å². The lowest BCUT2D eigenvalue weighted by molar-refractivity contribution is 0.618. The summed E-state index contributed by atoms with van der Waals surface area (Å²) in [4.78, 5) is 4.70. The van der Waals surface area contributed by atoms with E-state index in [1.807, 2.05) is 0 Å². The van der Waals surface area contributed by atoms with Crippen molar-refractivity contribution in [2.24, 2.45) is 0 Å². The molecule has 4 heteroatoms. The number of anilines is 1. The van der Waals surface area contributed by atoms with Crippen LogP contribution < -0.4 is 5.32 Å². The molecule has 0 unspecified atom stereocenters. The molecule has 1 aromatic carbocycles. The molecule has 1 aliphatic heterocycles. The van der Waals surface area contributed by atoms with Gasteiger partial charge in [0.05, 0.1) is 0 Å². The minimum atomic E-state index is 0.564. The number of hydrogen-bond donors (Lipinski definition) is 1. The first-order valence-corrected chi connectivity index (χ1v) is 7.56. The molecule has 0 fully saturated rings. The van der Waals surface area contributed by atoms with Crippen LogP contribution in [-0.2, 0) is 6.54 Å². The Balaban J connectivity index is 2.00. The molecule has 0 spiro atoms. The first-order valence-electron chi connectivity index (χ1n) is 6.77. The zero-order valence-corrected chi connectivity index (χ0v) is 12.9. The van der Waals surface area contributed by atoms with E-state index >= 15 is 0 Å². The second kappa shape index (κ2) is 5.00. The maximum atomic E-state index is 4.70. The Hall–Kier alpha value is -1.29. The van der Waals surface area contributed by atoms with E-state index in [0.29, 0.717) is 5.92 Å². The summed E-state index contributed by atoms with van der Waals surface area (Å²) >= 11 is 3.68. The van der Waals surface area contributed by atoms with Crippen molar-refractivity contribution in [3.8, 4) is 11.3 Å². The summed E-state index contributed by atoms with van der Waals surface area (Å²) in [6, 6.07) is 8.71. The van der Waals surface area contributed by atoms with Crippen LogP contribution >= 0.6 is 15.9 Å². The Morgan fingerprint density at radius 1 is 1.26 bits per heavy atom. The molecule has 0 saturated heterocycles. The minimum absolute atomic E-state index is 0.564. The van der Waals surface area contributed by atoms with Crippen molar-refractivity contribution < 1.29 is 0 Å². The molecule has 0 amide bonds. The fourth-order valence-electron chi connectivity index (χ4n) is 2.42. The van der Waals surface area contributed by atoms with Gasteiger partial charge in [-0.25, -0.2) is 4.98 Å². The van der Waals surface area contributed by atoms with Crippen LogP contribution in [0.25, 0.3) is 11.3 Å². The average Bonchev–Trinajstić information content (AvgIpc) is 2.77. The summed E-state index contributed by atoms with van der Waals surface area (Å²) in [6.45, 7) is 6.46. The summed E-state index contributed by atoms with van der Waals surface area (Å²) in [5.41, 5.74) is 3.56. The highest BCUT2D eigenvalue weighted by atomic mass is 79.9. The van der Waals surface area contributed by atoms with Gasteiger partial charge in [-0.3, -0.25) is 0 Å². The third-order valence-corrected chi connectivity index (χ3v) is 4.40. The largest absolute Gasteiger partial charge is 0.356 e. The van der Waals surface area contributed by atoms with Crippen molar-refractivity contribution in [3.63, 3.8) is 0 Å². The zero-order chi connectivity index (χ0) is 13.4. The van der Waals surface area contributed by atoms with Gasteiger partial charge in [0.25, 0.3) is 0 Å². The maximum Gasteiger partial charge on any atom is 0.204 e. The number of halogens is 1. The Kier molecular flexibility index (Phi) is 3.35. The molecule has 19 heavy (non-hydrogen) atoms. The van der Waals surface area contributed by atoms with Crippen LogP contribution in [-0.4, -0.2) is 16.1 Å². The van der Waals surface area contributed by atoms with Crippen molar-refractivity contribution in [1.82, 2.24) is 9.55 Å². The van der Waals surface area contributed by atoms with E-state index in [1.54, 1.807) is 0 Å². The minimum Gasteiger partial charge on any atom is -0.356 e. The van der Waals surface area contributed by atoms with E-state index in [4.69, 9.17) is 4.98 Å². The summed E-state index contributed by atoms with van der Waals surface area (Å²) in [6.07, 6.45) is 1.15. The molecule has 2 aromatic rings. The average molecular weight is 320 g/mol. The second-order valence-electron chi connectivity index (χ2n) is 5.28. The quantitative estimate of drug-likeness (QED) is 0.896. The Bertz CT molecular complexity index is 584. The summed E-state index contributed by atoms with van der Waals surface area (Å²) in [7, 11) is 0. The van der Waals surface area contributed by atoms with Crippen LogP contribution in [0.4, 0.5) is 5.95 Å². The standard InChI is InChI=1S/C15H18BrN3/c1-10(2)11-4-6-12(7-5-11)13-14(16)19-9-3-8-17-15(19)18-13/h4-7,10H,3,8-9H2,1-2H3,(H,17,18). The van der Waals surface area contributed by atoms with Crippen molar-refractivity contribution in [1.29, 1.82) is 0 Å². The van der Waals surface area contributed by atoms with Crippen LogP contribution in [0.2, 0.25) is 0 Å². The molecule has 0 bridgehead atoms. The van der Waals surface area contributed by atoms with Crippen LogP contribution in [0, 0.1) is 0 Å². The lowest BCUT2D eigenvalue weighted by atomic mass is 10.0. The molecular weight excluding hydrogens is 302 g/mol. The predicted octanol–water partition coefficient (Wildman–Crippen LogP) is 4.25. The van der Waals surface area contributed by atoms with Crippen LogP contribution in [0.15, 0.2) is 28.9 Å². The fourth-order valence-corrected chi connectivity index (χ4v) is 3.08. The molecule has 2 heterocycles. The van der Waals surface area contributed by atoms with Crippen molar-refractivity contribution in [3.05, 3.63) is 34.4 Å². The molecule has 1 aliphatic rings. The van der Waals surface area contributed by atoms with E-state index < -0.39 is 0 Å². The third-order valence-electron chi connectivity index (χ3n) is 3.60. The van der Waals surface area contributed by atoms with Gasteiger partial charge < -0.3 is 9.88 Å². The lowest BCUT2D eigenvalue weighted by Gasteiger charge is -2.15. The van der Waals surface area contributed by atoms with Gasteiger partial charge in [-0.2, -0.15) is 0 Å². The molecule has 0 saturated carbocycles. The summed E-state index contributed by atoms with van der Waals surface area (Å²) in [5.74, 6) is 1.54. The number of hydrogen-bond acceptors (Lipinski definition) is 2. The Labute approximate surface area is 122 Å². The highest BCUT2D eigenvalue weighted by Gasteiger charge is 2.18. The molecule has 0 radical (unpaired) electrons. The number of nitrogens with zero attached hydrogens (tertiary/aromatic N) is 2. The predicted molar refractivity (Wildman–Crippen MR) is 82.6 cm³/mol. The first kappa shape index (κ1) is 12.7. The zero-order valence-electron chi connectivity index (χ0n) is 11.3. The normalized spacial score (nSPS) is 14.3. The fraction of sp³-hybridized carbons (Fsp3) is 0.400. The van der Waals surface area contributed by atoms with E-state index in [2.05, 4.69) is 63.9 Å². The second-order valence-corrected chi connectivity index (χ2v) is 6.03. The van der Waals surface area contributed by atoms with Gasteiger partial charge in [0.1, 0.15) is 10.3 Å². The highest BCUT2D eigenvalue weighted by molar-refractivity contribution is 9.10. The molecule has 1 N–H and O–H groups in total. The van der Waals surface area contributed by atoms with Gasteiger partial charge in [-0.1, -0.05) is 38.1 Å². The van der Waals surface area contributed by atoms with Crippen LogP contribution in [0.1, 0.15) is 31.7 Å². The lowest BCUT2D eigenvalue weighted by Crippen LogP contribution is -2.17. The van der Waals surface area contributed by atoms with Gasteiger partial charge in [0.15, 0.2) is 0 Å². The Morgan fingerprint density at radius 3 is 2.63 bits per heavy atom. The maximum absolute atomic E-state index is 4.70. The monoisotopic (exact) mass is 319 g/mol. The summed E-state index contributed by atoms with van der Waals surface area (Å²) in [5, 5.41) is 3.35. The molecule has 3 nitrogen and oxygen atoms in total. The van der Waals surface area contributed by atoms with Gasteiger partial charge in [-0.15, -0.1) is 0 Å². The van der Waals surface area contributed by atoms with Crippen LogP contribution in [0.3, 0.4) is 0 Å². The van der Waals surface area contributed by atoms with E-state index in [0.717, 1.165) is 35.8 Å². The third kappa shape index (κ3) is 2.29. The van der Waals surface area contributed by atoms with Gasteiger partial charge in [0.2, 0.25) is 5.95 Å². The van der Waals surface area contributed by atoms with Gasteiger partial charge >= 0.3 is 0 Å². The molecule has 0 aliphatic carbocycles. The molecule has 100 valence electrons. The smallest absolute Gasteiger partial charge is 0.204 e. The van der Waals surface area contributed by atoms with E-state index in [1.165, 1.54) is 11.1 Å².